The van der Waals surface area contributed by atoms with Gasteiger partial charge in [-0.15, -0.1) is 0 Å². The lowest BCUT2D eigenvalue weighted by atomic mass is 9.35. The highest BCUT2D eigenvalue weighted by molar-refractivity contribution is 5.79. The number of hydrogen-bond donors (Lipinski definition) is 2. The molecule has 4 nitrogen and oxygen atoms in total. The second-order valence-corrected chi connectivity index (χ2v) is 14.8. The van der Waals surface area contributed by atoms with Gasteiger partial charge in [-0.1, -0.05) is 71.8 Å². The van der Waals surface area contributed by atoms with Crippen molar-refractivity contribution >= 4 is 5.97 Å². The van der Waals surface area contributed by atoms with E-state index in [0.29, 0.717) is 5.92 Å². The standard InChI is InChI=1S/C31H48O4/c1-26(2)15-17-31(25(34)35-8)18-16-29(6)19(23(31)24(26)33)9-10-21-28(5)13-12-22(32)27(3,4)20(28)11-14-30(21,29)7/h9-10,20,22-24,32-33H,11-18H2,1-8H3. The predicted molar refractivity (Wildman–Crippen MR) is 138 cm³/mol. The summed E-state index contributed by atoms with van der Waals surface area (Å²) in [5, 5.41) is 22.7. The van der Waals surface area contributed by atoms with Crippen LogP contribution in [0.25, 0.3) is 0 Å². The summed E-state index contributed by atoms with van der Waals surface area (Å²) in [4.78, 5) is 13.4. The van der Waals surface area contributed by atoms with Gasteiger partial charge < -0.3 is 14.9 Å². The van der Waals surface area contributed by atoms with Crippen molar-refractivity contribution in [1.29, 1.82) is 0 Å². The van der Waals surface area contributed by atoms with Gasteiger partial charge >= 0.3 is 5.97 Å². The van der Waals surface area contributed by atoms with Crippen LogP contribution in [0.5, 0.6) is 0 Å². The van der Waals surface area contributed by atoms with Gasteiger partial charge in [0.1, 0.15) is 0 Å². The van der Waals surface area contributed by atoms with Gasteiger partial charge in [-0.05, 0) is 84.4 Å². The van der Waals surface area contributed by atoms with Crippen LogP contribution in [0.1, 0.15) is 99.8 Å². The van der Waals surface area contributed by atoms with E-state index in [2.05, 4.69) is 60.6 Å². The monoisotopic (exact) mass is 484 g/mol. The Bertz CT molecular complexity index is 990. The molecule has 5 aliphatic rings. The Kier molecular flexibility index (Phi) is 5.44. The first kappa shape index (κ1) is 25.5. The van der Waals surface area contributed by atoms with Crippen molar-refractivity contribution in [3.8, 4) is 0 Å². The maximum atomic E-state index is 13.4. The predicted octanol–water partition coefficient (Wildman–Crippen LogP) is 6.21. The lowest BCUT2D eigenvalue weighted by Crippen LogP contribution is -2.64. The summed E-state index contributed by atoms with van der Waals surface area (Å²) in [5.74, 6) is 0.106. The molecule has 8 unspecified atom stereocenters. The highest BCUT2D eigenvalue weighted by Gasteiger charge is 2.69. The highest BCUT2D eigenvalue weighted by atomic mass is 16.5. The fourth-order valence-corrected chi connectivity index (χ4v) is 10.1. The molecule has 0 amide bonds. The number of aliphatic hydroxyl groups is 2. The Morgan fingerprint density at radius 3 is 2.17 bits per heavy atom. The smallest absolute Gasteiger partial charge is 0.312 e. The maximum Gasteiger partial charge on any atom is 0.312 e. The molecule has 4 fully saturated rings. The van der Waals surface area contributed by atoms with Crippen LogP contribution in [0.4, 0.5) is 0 Å². The van der Waals surface area contributed by atoms with E-state index in [9.17, 15) is 15.0 Å². The summed E-state index contributed by atoms with van der Waals surface area (Å²) in [6.07, 6.45) is 11.3. The van der Waals surface area contributed by atoms with Gasteiger partial charge in [-0.2, -0.15) is 0 Å². The van der Waals surface area contributed by atoms with Crippen LogP contribution in [-0.2, 0) is 9.53 Å². The molecule has 0 aromatic carbocycles. The number of ether oxygens (including phenoxy) is 1. The number of fused-ring (bicyclic) bond motifs is 7. The Labute approximate surface area is 212 Å². The summed E-state index contributed by atoms with van der Waals surface area (Å²) in [7, 11) is 1.50. The molecule has 5 aliphatic carbocycles. The topological polar surface area (TPSA) is 66.8 Å². The number of methoxy groups -OCH3 is 1. The van der Waals surface area contributed by atoms with Crippen LogP contribution in [0, 0.1) is 44.3 Å². The van der Waals surface area contributed by atoms with Gasteiger partial charge in [-0.25, -0.2) is 0 Å². The zero-order valence-electron chi connectivity index (χ0n) is 23.3. The van der Waals surface area contributed by atoms with E-state index in [1.807, 2.05) is 0 Å². The molecule has 0 aromatic rings. The van der Waals surface area contributed by atoms with Gasteiger partial charge in [0, 0.05) is 5.92 Å². The maximum absolute atomic E-state index is 13.4. The lowest BCUT2D eigenvalue weighted by molar-refractivity contribution is -0.181. The molecule has 0 bridgehead atoms. The molecule has 0 aliphatic heterocycles. The number of aliphatic hydroxyl groups excluding tert-OH is 2. The second-order valence-electron chi connectivity index (χ2n) is 14.8. The average molecular weight is 485 g/mol. The van der Waals surface area contributed by atoms with Crippen molar-refractivity contribution < 1.29 is 19.7 Å². The minimum Gasteiger partial charge on any atom is -0.469 e. The van der Waals surface area contributed by atoms with Crippen molar-refractivity contribution in [3.05, 3.63) is 23.3 Å². The van der Waals surface area contributed by atoms with Crippen LogP contribution >= 0.6 is 0 Å². The van der Waals surface area contributed by atoms with E-state index < -0.39 is 11.5 Å². The SMILES string of the molecule is COC(=O)C12CCC(C)(C)C(O)C1C1=CC=C3C4(C)CCC(O)C(C)(C)C4CCC3(C)C1(C)CC2. The minimum atomic E-state index is -0.630. The summed E-state index contributed by atoms with van der Waals surface area (Å²) in [6.45, 7) is 16.2. The Morgan fingerprint density at radius 1 is 0.857 bits per heavy atom. The molecule has 0 aromatic heterocycles. The summed E-state index contributed by atoms with van der Waals surface area (Å²) in [6, 6.07) is 0. The van der Waals surface area contributed by atoms with Crippen LogP contribution < -0.4 is 0 Å². The van der Waals surface area contributed by atoms with E-state index in [1.54, 1.807) is 5.57 Å². The third kappa shape index (κ3) is 2.96. The fourth-order valence-electron chi connectivity index (χ4n) is 10.1. The summed E-state index contributed by atoms with van der Waals surface area (Å²) >= 11 is 0. The number of rotatable bonds is 1. The lowest BCUT2D eigenvalue weighted by Gasteiger charge is -2.68. The molecule has 0 heterocycles. The van der Waals surface area contributed by atoms with E-state index in [4.69, 9.17) is 4.74 Å². The molecule has 4 saturated carbocycles. The van der Waals surface area contributed by atoms with Crippen LogP contribution in [0.2, 0.25) is 0 Å². The molecule has 2 N–H and O–H groups in total. The van der Waals surface area contributed by atoms with Crippen molar-refractivity contribution in [2.75, 3.05) is 7.11 Å². The Balaban J connectivity index is 1.68. The first-order valence-electron chi connectivity index (χ1n) is 14.0. The molecule has 196 valence electrons. The molecule has 5 rings (SSSR count). The molecule has 4 heteroatoms. The zero-order chi connectivity index (χ0) is 25.8. The van der Waals surface area contributed by atoms with E-state index in [1.165, 1.54) is 12.7 Å². The van der Waals surface area contributed by atoms with Gasteiger partial charge in [0.25, 0.3) is 0 Å². The molecule has 0 radical (unpaired) electrons. The van der Waals surface area contributed by atoms with E-state index >= 15 is 0 Å². The third-order valence-electron chi connectivity index (χ3n) is 12.8. The quantitative estimate of drug-likeness (QED) is 0.434. The van der Waals surface area contributed by atoms with Gasteiger partial charge in [0.15, 0.2) is 0 Å². The molecule has 0 saturated heterocycles. The zero-order valence-corrected chi connectivity index (χ0v) is 23.3. The van der Waals surface area contributed by atoms with Crippen LogP contribution in [-0.4, -0.2) is 35.5 Å². The molecular weight excluding hydrogens is 436 g/mol. The van der Waals surface area contributed by atoms with Crippen molar-refractivity contribution in [1.82, 2.24) is 0 Å². The van der Waals surface area contributed by atoms with Crippen molar-refractivity contribution in [2.24, 2.45) is 44.3 Å². The van der Waals surface area contributed by atoms with Gasteiger partial charge in [0.05, 0.1) is 24.7 Å². The molecule has 35 heavy (non-hydrogen) atoms. The van der Waals surface area contributed by atoms with Crippen molar-refractivity contribution in [2.45, 2.75) is 112 Å². The van der Waals surface area contributed by atoms with Crippen LogP contribution in [0.3, 0.4) is 0 Å². The molecular formula is C31H48O4. The number of carbonyl (C=O) groups excluding carboxylic acids is 1. The largest absolute Gasteiger partial charge is 0.469 e. The first-order valence-corrected chi connectivity index (χ1v) is 14.0. The normalized spacial score (nSPS) is 49.9. The van der Waals surface area contributed by atoms with E-state index in [-0.39, 0.29) is 45.1 Å². The summed E-state index contributed by atoms with van der Waals surface area (Å²) < 4.78 is 5.41. The number of allylic oxidation sites excluding steroid dienone is 3. The highest BCUT2D eigenvalue weighted by Crippen LogP contribution is 2.74. The fraction of sp³-hybridized carbons (Fsp3) is 0.839. The van der Waals surface area contributed by atoms with E-state index in [0.717, 1.165) is 51.4 Å². The number of esters is 1. The number of carbonyl (C=O) groups is 1. The van der Waals surface area contributed by atoms with Gasteiger partial charge in [0.2, 0.25) is 0 Å². The number of hydrogen-bond acceptors (Lipinski definition) is 4. The Hall–Kier alpha value is -1.13. The summed E-state index contributed by atoms with van der Waals surface area (Å²) in [5.41, 5.74) is 1.78. The first-order chi connectivity index (χ1) is 16.1. The van der Waals surface area contributed by atoms with Crippen molar-refractivity contribution in [3.63, 3.8) is 0 Å². The average Bonchev–Trinajstić information content (AvgIpc) is 2.79. The molecule has 8 atom stereocenters. The second kappa shape index (κ2) is 7.47. The van der Waals surface area contributed by atoms with Gasteiger partial charge in [-0.3, -0.25) is 4.79 Å². The third-order valence-corrected chi connectivity index (χ3v) is 12.8. The van der Waals surface area contributed by atoms with Crippen LogP contribution in [0.15, 0.2) is 23.3 Å². The molecule has 0 spiro atoms. The minimum absolute atomic E-state index is 0.0235. The Morgan fingerprint density at radius 2 is 1.51 bits per heavy atom.